The van der Waals surface area contributed by atoms with Gasteiger partial charge in [-0.25, -0.2) is 0 Å². The molecule has 2 fully saturated rings. The minimum atomic E-state index is -0.833. The highest BCUT2D eigenvalue weighted by Gasteiger charge is 2.35. The van der Waals surface area contributed by atoms with Crippen molar-refractivity contribution in [1.82, 2.24) is 0 Å². The van der Waals surface area contributed by atoms with Crippen molar-refractivity contribution in [3.63, 3.8) is 0 Å². The summed E-state index contributed by atoms with van der Waals surface area (Å²) in [5, 5.41) is 24.8. The summed E-state index contributed by atoms with van der Waals surface area (Å²) in [5.74, 6) is -1.17. The van der Waals surface area contributed by atoms with Crippen LogP contribution in [-0.4, -0.2) is 59.0 Å². The summed E-state index contributed by atoms with van der Waals surface area (Å²) in [6.45, 7) is 8.83. The molecule has 244 valence electrons. The van der Waals surface area contributed by atoms with Crippen LogP contribution < -0.4 is 4.74 Å². The number of nitrogens with zero attached hydrogens (tertiary/aromatic N) is 1. The van der Waals surface area contributed by atoms with E-state index in [4.69, 9.17) is 38.7 Å². The molecule has 3 atom stereocenters. The number of carbonyl (C=O) groups is 4. The second-order valence-corrected chi connectivity index (χ2v) is 11.3. The van der Waals surface area contributed by atoms with Gasteiger partial charge in [0.2, 0.25) is 0 Å². The molecule has 2 aliphatic rings. The standard InChI is InChI=1S/C30H35NO6.2C2H4O2/c1-18(2)35-29-13-25(16-31)24(11-21-5-7-22(8-6-21)23-9-10-23)12-28(29)30-15-26(36-20(4)33)14-27(37-30)17-34-19(3)32;2*1-2(3)4/h5-8,12-13,18,23,26-27,30H,9-11,14-15,17H2,1-4H3;2*1H3,(H,3,4)/t26-,27-,30+;;/m0../s1. The van der Waals surface area contributed by atoms with Crippen molar-refractivity contribution >= 4 is 23.9 Å². The molecule has 1 heterocycles. The molecule has 0 unspecified atom stereocenters. The number of nitriles is 1. The van der Waals surface area contributed by atoms with E-state index in [0.717, 1.165) is 30.5 Å². The van der Waals surface area contributed by atoms with E-state index in [2.05, 4.69) is 30.3 Å². The fourth-order valence-corrected chi connectivity index (χ4v) is 4.87. The third kappa shape index (κ3) is 13.8. The molecule has 11 heteroatoms. The number of benzene rings is 2. The van der Waals surface area contributed by atoms with Gasteiger partial charge in [0, 0.05) is 46.1 Å². The second-order valence-electron chi connectivity index (χ2n) is 11.3. The highest BCUT2D eigenvalue weighted by Crippen LogP contribution is 2.41. The van der Waals surface area contributed by atoms with Crippen LogP contribution in [0.2, 0.25) is 0 Å². The Morgan fingerprint density at radius 3 is 2.04 bits per heavy atom. The van der Waals surface area contributed by atoms with Crippen molar-refractivity contribution < 1.29 is 48.3 Å². The number of hydrogen-bond acceptors (Lipinski definition) is 9. The number of esters is 2. The maximum Gasteiger partial charge on any atom is 0.302 e. The summed E-state index contributed by atoms with van der Waals surface area (Å²) < 4.78 is 23.2. The molecule has 0 spiro atoms. The molecule has 1 saturated heterocycles. The van der Waals surface area contributed by atoms with Crippen LogP contribution in [0.25, 0.3) is 0 Å². The van der Waals surface area contributed by atoms with E-state index >= 15 is 0 Å². The molecule has 11 nitrogen and oxygen atoms in total. The van der Waals surface area contributed by atoms with Crippen LogP contribution in [0.5, 0.6) is 5.75 Å². The second kappa shape index (κ2) is 17.8. The van der Waals surface area contributed by atoms with Gasteiger partial charge in [-0.15, -0.1) is 0 Å². The molecule has 0 aromatic heterocycles. The number of carbonyl (C=O) groups excluding carboxylic acids is 2. The zero-order valence-electron chi connectivity index (χ0n) is 26.7. The van der Waals surface area contributed by atoms with Crippen molar-refractivity contribution in [2.24, 2.45) is 0 Å². The number of carboxylic acids is 2. The topological polar surface area (TPSA) is 169 Å². The zero-order valence-corrected chi connectivity index (χ0v) is 26.7. The van der Waals surface area contributed by atoms with E-state index in [1.807, 2.05) is 19.9 Å². The van der Waals surface area contributed by atoms with Gasteiger partial charge in [0.1, 0.15) is 18.5 Å². The molecule has 0 bridgehead atoms. The SMILES string of the molecule is CC(=O)O.CC(=O)O.CC(=O)OC[C@@H]1C[C@H](OC(C)=O)C[C@H](c2cc(Cc3ccc(C4CC4)cc3)c(C#N)cc2OC(C)C)O1. The maximum absolute atomic E-state index is 11.7. The van der Waals surface area contributed by atoms with Crippen LogP contribution >= 0.6 is 0 Å². The third-order valence-electron chi connectivity index (χ3n) is 6.65. The molecule has 45 heavy (non-hydrogen) atoms. The Labute approximate surface area is 264 Å². The smallest absolute Gasteiger partial charge is 0.302 e. The van der Waals surface area contributed by atoms with Crippen LogP contribution in [-0.2, 0) is 39.8 Å². The quantitative estimate of drug-likeness (QED) is 0.327. The Hall–Kier alpha value is -4.43. The lowest BCUT2D eigenvalue weighted by Crippen LogP contribution is -2.37. The van der Waals surface area contributed by atoms with E-state index in [1.165, 1.54) is 32.3 Å². The Kier molecular flexibility index (Phi) is 14.5. The molecule has 1 aliphatic carbocycles. The van der Waals surface area contributed by atoms with Gasteiger partial charge in [-0.3, -0.25) is 19.2 Å². The third-order valence-corrected chi connectivity index (χ3v) is 6.65. The molecule has 2 aromatic carbocycles. The van der Waals surface area contributed by atoms with Crippen LogP contribution in [0.4, 0.5) is 0 Å². The fraction of sp³-hybridized carbons (Fsp3) is 0.500. The first kappa shape index (κ1) is 36.8. The van der Waals surface area contributed by atoms with Crippen molar-refractivity contribution in [1.29, 1.82) is 5.26 Å². The monoisotopic (exact) mass is 625 g/mol. The predicted octanol–water partition coefficient (Wildman–Crippen LogP) is 5.71. The van der Waals surface area contributed by atoms with Crippen molar-refractivity contribution in [2.45, 2.75) is 104 Å². The van der Waals surface area contributed by atoms with Gasteiger partial charge in [0.15, 0.2) is 0 Å². The van der Waals surface area contributed by atoms with Gasteiger partial charge in [-0.1, -0.05) is 24.3 Å². The highest BCUT2D eigenvalue weighted by atomic mass is 16.6. The first-order valence-electron chi connectivity index (χ1n) is 14.9. The number of hydrogen-bond donors (Lipinski definition) is 2. The minimum absolute atomic E-state index is 0.0699. The number of carboxylic acid groups (broad SMARTS) is 2. The van der Waals surface area contributed by atoms with E-state index in [0.29, 0.717) is 36.5 Å². The molecule has 2 aromatic rings. The number of rotatable bonds is 9. The molecular weight excluding hydrogens is 582 g/mol. The van der Waals surface area contributed by atoms with E-state index in [9.17, 15) is 14.9 Å². The number of aliphatic carboxylic acids is 2. The van der Waals surface area contributed by atoms with Gasteiger partial charge in [-0.05, 0) is 67.9 Å². The summed E-state index contributed by atoms with van der Waals surface area (Å²) in [4.78, 5) is 41.2. The van der Waals surface area contributed by atoms with E-state index in [-0.39, 0.29) is 18.7 Å². The average Bonchev–Trinajstić information content (AvgIpc) is 3.77. The first-order chi connectivity index (χ1) is 21.2. The van der Waals surface area contributed by atoms with E-state index in [1.54, 1.807) is 6.07 Å². The van der Waals surface area contributed by atoms with Gasteiger partial charge >= 0.3 is 11.9 Å². The molecular formula is C34H43NO10. The number of ether oxygens (including phenoxy) is 4. The predicted molar refractivity (Wildman–Crippen MR) is 164 cm³/mol. The minimum Gasteiger partial charge on any atom is -0.491 e. The lowest BCUT2D eigenvalue weighted by atomic mass is 9.91. The average molecular weight is 626 g/mol. The highest BCUT2D eigenvalue weighted by molar-refractivity contribution is 5.66. The van der Waals surface area contributed by atoms with Crippen molar-refractivity contribution in [2.75, 3.05) is 6.61 Å². The largest absolute Gasteiger partial charge is 0.491 e. The molecule has 0 amide bonds. The summed E-state index contributed by atoms with van der Waals surface area (Å²) in [7, 11) is 0. The van der Waals surface area contributed by atoms with Gasteiger partial charge in [-0.2, -0.15) is 5.26 Å². The Morgan fingerprint density at radius 2 is 1.56 bits per heavy atom. The zero-order chi connectivity index (χ0) is 33.7. The van der Waals surface area contributed by atoms with Gasteiger partial charge < -0.3 is 29.2 Å². The summed E-state index contributed by atoms with van der Waals surface area (Å²) in [5.41, 5.74) is 4.72. The molecule has 0 radical (unpaired) electrons. The van der Waals surface area contributed by atoms with Crippen LogP contribution in [0, 0.1) is 11.3 Å². The summed E-state index contributed by atoms with van der Waals surface area (Å²) >= 11 is 0. The van der Waals surface area contributed by atoms with Crippen LogP contribution in [0.15, 0.2) is 36.4 Å². The Balaban J connectivity index is 0.000000789. The van der Waals surface area contributed by atoms with Crippen molar-refractivity contribution in [3.8, 4) is 11.8 Å². The van der Waals surface area contributed by atoms with Gasteiger partial charge in [0.05, 0.1) is 29.9 Å². The van der Waals surface area contributed by atoms with Crippen molar-refractivity contribution in [3.05, 3.63) is 64.2 Å². The lowest BCUT2D eigenvalue weighted by Gasteiger charge is -2.35. The van der Waals surface area contributed by atoms with Crippen LogP contribution in [0.3, 0.4) is 0 Å². The molecule has 2 N–H and O–H groups in total. The van der Waals surface area contributed by atoms with E-state index < -0.39 is 36.2 Å². The first-order valence-corrected chi connectivity index (χ1v) is 14.9. The summed E-state index contributed by atoms with van der Waals surface area (Å²) in [6, 6.07) is 14.7. The molecule has 1 saturated carbocycles. The lowest BCUT2D eigenvalue weighted by molar-refractivity contribution is -0.169. The molecule has 1 aliphatic heterocycles. The Bertz CT molecular complexity index is 1340. The van der Waals surface area contributed by atoms with Gasteiger partial charge in [0.25, 0.3) is 11.9 Å². The summed E-state index contributed by atoms with van der Waals surface area (Å²) in [6.07, 6.45) is 2.57. The Morgan fingerprint density at radius 1 is 0.956 bits per heavy atom. The normalized spacial score (nSPS) is 18.6. The van der Waals surface area contributed by atoms with Crippen LogP contribution in [0.1, 0.15) is 107 Å². The fourth-order valence-electron chi connectivity index (χ4n) is 4.87. The maximum atomic E-state index is 11.7. The molecule has 4 rings (SSSR count).